The molecule has 0 bridgehead atoms. The normalized spacial score (nSPS) is 25.5. The molecule has 3 aliphatic rings. The highest BCUT2D eigenvalue weighted by molar-refractivity contribution is 5.79. The molecular formula is C29H32F4N6. The van der Waals surface area contributed by atoms with Crippen molar-refractivity contribution >= 4 is 17.0 Å². The van der Waals surface area contributed by atoms with Crippen LogP contribution in [-0.4, -0.2) is 72.1 Å². The molecule has 0 radical (unpaired) electrons. The highest BCUT2D eigenvalue weighted by atomic mass is 19.4. The molecule has 0 amide bonds. The van der Waals surface area contributed by atoms with Gasteiger partial charge in [0.1, 0.15) is 5.82 Å². The number of piperazine rings is 1. The first kappa shape index (κ1) is 26.1. The fourth-order valence-corrected chi connectivity index (χ4v) is 6.79. The van der Waals surface area contributed by atoms with E-state index in [9.17, 15) is 22.8 Å². The molecule has 2 unspecified atom stereocenters. The first-order chi connectivity index (χ1) is 18.7. The third-order valence-corrected chi connectivity index (χ3v) is 9.08. The molecule has 2 aromatic carbocycles. The molecule has 6 nitrogen and oxygen atoms in total. The molecule has 10 heteroatoms. The Labute approximate surface area is 225 Å². The van der Waals surface area contributed by atoms with E-state index in [0.29, 0.717) is 24.0 Å². The van der Waals surface area contributed by atoms with E-state index in [1.165, 1.54) is 5.56 Å². The SMILES string of the molecule is CN1CCN(CCCN(c2nc3cc(F)c(C(F)(F)F)cc3[nH]2)C2CC[C@]3(c4ccc(C#N)cc4)CC23)CC1. The van der Waals surface area contributed by atoms with Crippen LogP contribution in [0.25, 0.3) is 11.0 Å². The van der Waals surface area contributed by atoms with Crippen molar-refractivity contribution in [2.75, 3.05) is 51.2 Å². The molecule has 1 aromatic heterocycles. The van der Waals surface area contributed by atoms with Crippen molar-refractivity contribution in [1.82, 2.24) is 19.8 Å². The van der Waals surface area contributed by atoms with Crippen LogP contribution < -0.4 is 4.90 Å². The maximum atomic E-state index is 14.3. The third kappa shape index (κ3) is 4.87. The van der Waals surface area contributed by atoms with E-state index in [1.54, 1.807) is 0 Å². The van der Waals surface area contributed by atoms with Gasteiger partial charge in [0.2, 0.25) is 5.95 Å². The van der Waals surface area contributed by atoms with Gasteiger partial charge in [-0.1, -0.05) is 12.1 Å². The van der Waals surface area contributed by atoms with E-state index >= 15 is 0 Å². The molecular weight excluding hydrogens is 508 g/mol. The second-order valence-corrected chi connectivity index (χ2v) is 11.4. The highest BCUT2D eigenvalue weighted by Gasteiger charge is 2.63. The molecule has 2 saturated carbocycles. The van der Waals surface area contributed by atoms with Gasteiger partial charge in [-0.05, 0) is 69.0 Å². The Morgan fingerprint density at radius 2 is 1.90 bits per heavy atom. The molecule has 2 heterocycles. The van der Waals surface area contributed by atoms with Gasteiger partial charge in [-0.2, -0.15) is 18.4 Å². The number of H-pyrrole nitrogens is 1. The van der Waals surface area contributed by atoms with Gasteiger partial charge in [-0.15, -0.1) is 0 Å². The number of rotatable bonds is 7. The number of hydrogen-bond donors (Lipinski definition) is 1. The summed E-state index contributed by atoms with van der Waals surface area (Å²) in [5, 5.41) is 9.18. The summed E-state index contributed by atoms with van der Waals surface area (Å²) in [4.78, 5) is 14.7. The molecule has 1 aliphatic heterocycles. The lowest BCUT2D eigenvalue weighted by atomic mass is 9.93. The first-order valence-electron chi connectivity index (χ1n) is 13.6. The molecule has 39 heavy (non-hydrogen) atoms. The Bertz CT molecular complexity index is 1390. The fourth-order valence-electron chi connectivity index (χ4n) is 6.79. The lowest BCUT2D eigenvalue weighted by Crippen LogP contribution is -2.45. The summed E-state index contributed by atoms with van der Waals surface area (Å²) >= 11 is 0. The van der Waals surface area contributed by atoms with Crippen LogP contribution in [0.15, 0.2) is 36.4 Å². The molecule has 3 atom stereocenters. The zero-order valence-electron chi connectivity index (χ0n) is 21.9. The van der Waals surface area contributed by atoms with Gasteiger partial charge in [-0.3, -0.25) is 0 Å². The molecule has 2 aliphatic carbocycles. The number of aromatic amines is 1. The lowest BCUT2D eigenvalue weighted by Gasteiger charge is -2.34. The van der Waals surface area contributed by atoms with E-state index in [1.807, 2.05) is 12.1 Å². The summed E-state index contributed by atoms with van der Waals surface area (Å²) < 4.78 is 54.4. The average Bonchev–Trinajstić information content (AvgIpc) is 3.31. The second-order valence-electron chi connectivity index (χ2n) is 11.4. The van der Waals surface area contributed by atoms with Gasteiger partial charge in [0.15, 0.2) is 0 Å². The number of anilines is 1. The van der Waals surface area contributed by atoms with E-state index < -0.39 is 17.6 Å². The minimum absolute atomic E-state index is 0.0654. The number of alkyl halides is 3. The Balaban J connectivity index is 1.26. The molecule has 206 valence electrons. The van der Waals surface area contributed by atoms with E-state index in [2.05, 4.69) is 49.9 Å². The maximum absolute atomic E-state index is 14.3. The Morgan fingerprint density at radius 1 is 1.15 bits per heavy atom. The minimum atomic E-state index is -4.77. The zero-order valence-corrected chi connectivity index (χ0v) is 21.9. The Hall–Kier alpha value is -3.16. The number of nitrogens with zero attached hydrogens (tertiary/aromatic N) is 5. The third-order valence-electron chi connectivity index (χ3n) is 9.08. The van der Waals surface area contributed by atoms with Crippen LogP contribution >= 0.6 is 0 Å². The molecule has 1 N–H and O–H groups in total. The van der Waals surface area contributed by atoms with Crippen LogP contribution in [0.2, 0.25) is 0 Å². The van der Waals surface area contributed by atoms with Crippen LogP contribution in [0.1, 0.15) is 42.4 Å². The topological polar surface area (TPSA) is 62.2 Å². The number of nitrogens with one attached hydrogen (secondary N) is 1. The largest absolute Gasteiger partial charge is 0.419 e. The van der Waals surface area contributed by atoms with Crippen LogP contribution in [-0.2, 0) is 11.6 Å². The number of imidazole rings is 1. The molecule has 1 saturated heterocycles. The molecule has 6 rings (SSSR count). The van der Waals surface area contributed by atoms with Gasteiger partial charge in [-0.25, -0.2) is 9.37 Å². The van der Waals surface area contributed by atoms with Gasteiger partial charge in [0.25, 0.3) is 0 Å². The summed E-state index contributed by atoms with van der Waals surface area (Å²) in [6, 6.07) is 11.9. The van der Waals surface area contributed by atoms with Crippen molar-refractivity contribution in [3.05, 3.63) is 58.9 Å². The predicted molar refractivity (Wildman–Crippen MR) is 141 cm³/mol. The molecule has 3 aromatic rings. The summed E-state index contributed by atoms with van der Waals surface area (Å²) in [7, 11) is 2.13. The van der Waals surface area contributed by atoms with Gasteiger partial charge in [0.05, 0.1) is 28.2 Å². The van der Waals surface area contributed by atoms with Crippen molar-refractivity contribution in [3.63, 3.8) is 0 Å². The monoisotopic (exact) mass is 540 g/mol. The van der Waals surface area contributed by atoms with Crippen molar-refractivity contribution in [1.29, 1.82) is 5.26 Å². The Kier molecular flexibility index (Phi) is 6.55. The summed E-state index contributed by atoms with van der Waals surface area (Å²) in [5.74, 6) is -0.406. The summed E-state index contributed by atoms with van der Waals surface area (Å²) in [6.45, 7) is 5.78. The van der Waals surface area contributed by atoms with Crippen molar-refractivity contribution in [3.8, 4) is 6.07 Å². The highest BCUT2D eigenvalue weighted by Crippen LogP contribution is 2.65. The smallest absolute Gasteiger partial charge is 0.339 e. The number of aromatic nitrogens is 2. The first-order valence-corrected chi connectivity index (χ1v) is 13.6. The van der Waals surface area contributed by atoms with Gasteiger partial charge in [0, 0.05) is 50.2 Å². The quantitative estimate of drug-likeness (QED) is 0.420. The Morgan fingerprint density at radius 3 is 2.56 bits per heavy atom. The summed E-state index contributed by atoms with van der Waals surface area (Å²) in [5.41, 5.74) is 1.06. The van der Waals surface area contributed by atoms with Crippen LogP contribution in [0.3, 0.4) is 0 Å². The standard InChI is InChI=1S/C29H32F4N6/c1-37-11-13-38(14-12-37)9-2-10-39(27-35-24-15-21(29(31,32)33)23(30)16-25(24)36-27)26-7-8-28(17-22(26)28)20-5-3-19(18-34)4-6-20/h3-6,15-16,22,26H,2,7-14,17H2,1H3,(H,35,36)/t22?,26?,28-/m1/s1. The second kappa shape index (κ2) is 9.79. The average molecular weight is 541 g/mol. The van der Waals surface area contributed by atoms with Crippen molar-refractivity contribution in [2.45, 2.75) is 43.3 Å². The van der Waals surface area contributed by atoms with E-state index in [4.69, 9.17) is 0 Å². The van der Waals surface area contributed by atoms with Crippen molar-refractivity contribution < 1.29 is 17.6 Å². The number of halogens is 4. The van der Waals surface area contributed by atoms with Crippen molar-refractivity contribution in [2.24, 2.45) is 5.92 Å². The number of fused-ring (bicyclic) bond motifs is 2. The molecule has 3 fully saturated rings. The van der Waals surface area contributed by atoms with Crippen LogP contribution in [0, 0.1) is 23.1 Å². The van der Waals surface area contributed by atoms with Crippen LogP contribution in [0.5, 0.6) is 0 Å². The number of nitriles is 1. The number of benzene rings is 2. The van der Waals surface area contributed by atoms with Gasteiger partial charge >= 0.3 is 6.18 Å². The fraction of sp³-hybridized carbons (Fsp3) is 0.517. The predicted octanol–water partition coefficient (Wildman–Crippen LogP) is 5.16. The minimum Gasteiger partial charge on any atom is -0.339 e. The van der Waals surface area contributed by atoms with Crippen LogP contribution in [0.4, 0.5) is 23.5 Å². The number of likely N-dealkylation sites (N-methyl/N-ethyl adjacent to an activating group) is 1. The van der Waals surface area contributed by atoms with E-state index in [-0.39, 0.29) is 22.5 Å². The zero-order chi connectivity index (χ0) is 27.4. The van der Waals surface area contributed by atoms with E-state index in [0.717, 1.165) is 70.5 Å². The van der Waals surface area contributed by atoms with Gasteiger partial charge < -0.3 is 19.7 Å². The lowest BCUT2D eigenvalue weighted by molar-refractivity contribution is -0.139. The maximum Gasteiger partial charge on any atom is 0.419 e. The summed E-state index contributed by atoms with van der Waals surface area (Å²) in [6.07, 6.45) is -0.887. The number of hydrogen-bond acceptors (Lipinski definition) is 5. The molecule has 0 spiro atoms.